The molecule has 1 aromatic carbocycles. The number of aromatic nitrogens is 1. The summed E-state index contributed by atoms with van der Waals surface area (Å²) in [5.41, 5.74) is 4.33. The van der Waals surface area contributed by atoms with Crippen molar-refractivity contribution >= 4 is 10.0 Å². The average Bonchev–Trinajstić information content (AvgIpc) is 2.95. The highest BCUT2D eigenvalue weighted by molar-refractivity contribution is 7.90. The summed E-state index contributed by atoms with van der Waals surface area (Å²) >= 11 is 0. The third kappa shape index (κ3) is 4.24. The van der Waals surface area contributed by atoms with Gasteiger partial charge in [0.25, 0.3) is 0 Å². The SMILES string of the molecule is Cc1ccc(C(C)Oc2ccc3c(c2)C[C@@H](NS(=O)(=O)C(C)C)C3)cn1. The first kappa shape index (κ1) is 18.9. The van der Waals surface area contributed by atoms with Crippen LogP contribution in [0.3, 0.4) is 0 Å². The fourth-order valence-electron chi connectivity index (χ4n) is 3.11. The molecule has 2 atom stereocenters. The minimum atomic E-state index is -3.26. The molecular weight excluding hydrogens is 348 g/mol. The Labute approximate surface area is 155 Å². The normalized spacial score (nSPS) is 18.0. The van der Waals surface area contributed by atoms with E-state index in [-0.39, 0.29) is 12.1 Å². The Morgan fingerprint density at radius 2 is 1.85 bits per heavy atom. The van der Waals surface area contributed by atoms with E-state index in [9.17, 15) is 8.42 Å². The van der Waals surface area contributed by atoms with Gasteiger partial charge in [-0.3, -0.25) is 4.98 Å². The van der Waals surface area contributed by atoms with Crippen molar-refractivity contribution in [3.05, 3.63) is 58.9 Å². The number of hydrogen-bond donors (Lipinski definition) is 1. The number of ether oxygens (including phenoxy) is 1. The second-order valence-electron chi connectivity index (χ2n) is 7.24. The highest BCUT2D eigenvalue weighted by Crippen LogP contribution is 2.29. The zero-order valence-electron chi connectivity index (χ0n) is 15.7. The predicted octanol–water partition coefficient (Wildman–Crippen LogP) is 3.33. The zero-order chi connectivity index (χ0) is 18.9. The molecule has 1 unspecified atom stereocenters. The molecule has 6 heteroatoms. The molecule has 0 spiro atoms. The molecule has 0 amide bonds. The van der Waals surface area contributed by atoms with E-state index in [0.717, 1.165) is 29.0 Å². The molecule has 0 saturated carbocycles. The molecule has 0 bridgehead atoms. The van der Waals surface area contributed by atoms with Crippen LogP contribution in [0.1, 0.15) is 49.3 Å². The van der Waals surface area contributed by atoms with E-state index in [4.69, 9.17) is 4.74 Å². The molecule has 2 aromatic rings. The minimum absolute atomic E-state index is 0.0774. The van der Waals surface area contributed by atoms with Crippen molar-refractivity contribution in [2.24, 2.45) is 0 Å². The van der Waals surface area contributed by atoms with Gasteiger partial charge in [-0.2, -0.15) is 0 Å². The van der Waals surface area contributed by atoms with Crippen LogP contribution in [-0.4, -0.2) is 24.7 Å². The highest BCUT2D eigenvalue weighted by atomic mass is 32.2. The first-order valence-electron chi connectivity index (χ1n) is 8.97. The van der Waals surface area contributed by atoms with Crippen LogP contribution in [0.25, 0.3) is 0 Å². The number of nitrogens with one attached hydrogen (secondary N) is 1. The lowest BCUT2D eigenvalue weighted by atomic mass is 10.1. The lowest BCUT2D eigenvalue weighted by Crippen LogP contribution is -2.39. The maximum atomic E-state index is 12.1. The Morgan fingerprint density at radius 1 is 1.12 bits per heavy atom. The number of fused-ring (bicyclic) bond motifs is 1. The number of nitrogens with zero attached hydrogens (tertiary/aromatic N) is 1. The number of pyridine rings is 1. The molecule has 1 aliphatic carbocycles. The van der Waals surface area contributed by atoms with Crippen LogP contribution in [0.5, 0.6) is 5.75 Å². The van der Waals surface area contributed by atoms with Gasteiger partial charge in [-0.05, 0) is 69.9 Å². The van der Waals surface area contributed by atoms with E-state index in [1.54, 1.807) is 13.8 Å². The molecule has 0 radical (unpaired) electrons. The monoisotopic (exact) mass is 374 g/mol. The first-order chi connectivity index (χ1) is 12.2. The quantitative estimate of drug-likeness (QED) is 0.842. The fourth-order valence-corrected chi connectivity index (χ4v) is 4.01. The Hall–Kier alpha value is -1.92. The Bertz CT molecular complexity index is 876. The predicted molar refractivity (Wildman–Crippen MR) is 103 cm³/mol. The van der Waals surface area contributed by atoms with E-state index >= 15 is 0 Å². The summed E-state index contributed by atoms with van der Waals surface area (Å²) in [6, 6.07) is 9.94. The number of rotatable bonds is 6. The van der Waals surface area contributed by atoms with Gasteiger partial charge in [-0.15, -0.1) is 0 Å². The molecule has 0 saturated heterocycles. The molecule has 140 valence electrons. The summed E-state index contributed by atoms with van der Waals surface area (Å²) in [7, 11) is -3.26. The average molecular weight is 375 g/mol. The molecule has 0 fully saturated rings. The third-order valence-electron chi connectivity index (χ3n) is 4.78. The van der Waals surface area contributed by atoms with E-state index in [0.29, 0.717) is 6.42 Å². The van der Waals surface area contributed by atoms with Crippen molar-refractivity contribution in [3.63, 3.8) is 0 Å². The van der Waals surface area contributed by atoms with Crippen molar-refractivity contribution in [2.75, 3.05) is 0 Å². The van der Waals surface area contributed by atoms with Gasteiger partial charge in [0.2, 0.25) is 10.0 Å². The summed E-state index contributed by atoms with van der Waals surface area (Å²) in [6.45, 7) is 7.34. The Balaban J connectivity index is 1.68. The maximum Gasteiger partial charge on any atom is 0.214 e. The van der Waals surface area contributed by atoms with Crippen LogP contribution in [0.2, 0.25) is 0 Å². The van der Waals surface area contributed by atoms with Gasteiger partial charge in [0, 0.05) is 23.5 Å². The molecular formula is C20H26N2O3S. The van der Waals surface area contributed by atoms with Crippen molar-refractivity contribution < 1.29 is 13.2 Å². The number of aryl methyl sites for hydroxylation is 1. The minimum Gasteiger partial charge on any atom is -0.486 e. The molecule has 0 aliphatic heterocycles. The van der Waals surface area contributed by atoms with E-state index in [1.807, 2.05) is 50.4 Å². The molecule has 1 heterocycles. The first-order valence-corrected chi connectivity index (χ1v) is 10.5. The number of hydrogen-bond acceptors (Lipinski definition) is 4. The molecule has 1 aliphatic rings. The number of benzene rings is 1. The summed E-state index contributed by atoms with van der Waals surface area (Å²) < 4.78 is 33.1. The Kier molecular flexibility index (Phi) is 5.34. The van der Waals surface area contributed by atoms with E-state index in [2.05, 4.69) is 9.71 Å². The summed E-state index contributed by atoms with van der Waals surface area (Å²) in [5.74, 6) is 0.796. The van der Waals surface area contributed by atoms with Crippen molar-refractivity contribution in [2.45, 2.75) is 57.9 Å². The molecule has 5 nitrogen and oxygen atoms in total. The second-order valence-corrected chi connectivity index (χ2v) is 9.51. The lowest BCUT2D eigenvalue weighted by molar-refractivity contribution is 0.226. The topological polar surface area (TPSA) is 68.3 Å². The zero-order valence-corrected chi connectivity index (χ0v) is 16.5. The van der Waals surface area contributed by atoms with Crippen molar-refractivity contribution in [1.29, 1.82) is 0 Å². The van der Waals surface area contributed by atoms with Crippen LogP contribution in [0.15, 0.2) is 36.5 Å². The van der Waals surface area contributed by atoms with Crippen LogP contribution in [0.4, 0.5) is 0 Å². The summed E-state index contributed by atoms with van der Waals surface area (Å²) in [4.78, 5) is 4.31. The van der Waals surface area contributed by atoms with Crippen LogP contribution < -0.4 is 9.46 Å². The van der Waals surface area contributed by atoms with Crippen molar-refractivity contribution in [1.82, 2.24) is 9.71 Å². The second kappa shape index (κ2) is 7.37. The van der Waals surface area contributed by atoms with Crippen LogP contribution >= 0.6 is 0 Å². The maximum absolute atomic E-state index is 12.1. The molecule has 1 aromatic heterocycles. The van der Waals surface area contributed by atoms with Gasteiger partial charge in [-0.25, -0.2) is 13.1 Å². The van der Waals surface area contributed by atoms with E-state index in [1.165, 1.54) is 5.56 Å². The standard InChI is InChI=1S/C20H26N2O3S/c1-13(2)26(23,24)22-19-9-16-7-8-20(11-18(16)10-19)25-15(4)17-6-5-14(3)21-12-17/h5-8,11-13,15,19,22H,9-10H2,1-4H3/t15?,19-/m0/s1. The summed E-state index contributed by atoms with van der Waals surface area (Å²) in [5, 5.41) is -0.422. The van der Waals surface area contributed by atoms with Gasteiger partial charge in [0.1, 0.15) is 11.9 Å². The van der Waals surface area contributed by atoms with Gasteiger partial charge in [-0.1, -0.05) is 12.1 Å². The smallest absolute Gasteiger partial charge is 0.214 e. The van der Waals surface area contributed by atoms with Gasteiger partial charge in [0.05, 0.1) is 5.25 Å². The van der Waals surface area contributed by atoms with Crippen molar-refractivity contribution in [3.8, 4) is 5.75 Å². The largest absolute Gasteiger partial charge is 0.486 e. The van der Waals surface area contributed by atoms with Gasteiger partial charge < -0.3 is 4.74 Å². The third-order valence-corrected chi connectivity index (χ3v) is 6.68. The molecule has 1 N–H and O–H groups in total. The highest BCUT2D eigenvalue weighted by Gasteiger charge is 2.27. The lowest BCUT2D eigenvalue weighted by Gasteiger charge is -2.16. The van der Waals surface area contributed by atoms with Gasteiger partial charge in [0.15, 0.2) is 0 Å². The number of sulfonamides is 1. The molecule has 26 heavy (non-hydrogen) atoms. The van der Waals surface area contributed by atoms with E-state index < -0.39 is 15.3 Å². The Morgan fingerprint density at radius 3 is 2.50 bits per heavy atom. The van der Waals surface area contributed by atoms with Crippen LogP contribution in [-0.2, 0) is 22.9 Å². The van der Waals surface area contributed by atoms with Gasteiger partial charge >= 0.3 is 0 Å². The molecule has 3 rings (SSSR count). The van der Waals surface area contributed by atoms with Crippen LogP contribution in [0, 0.1) is 6.92 Å². The fraction of sp³-hybridized carbons (Fsp3) is 0.450. The summed E-state index contributed by atoms with van der Waals surface area (Å²) in [6.07, 6.45) is 3.15.